The van der Waals surface area contributed by atoms with Crippen molar-refractivity contribution in [1.82, 2.24) is 14.8 Å². The Morgan fingerprint density at radius 1 is 1.30 bits per heavy atom. The van der Waals surface area contributed by atoms with Crippen molar-refractivity contribution in [2.45, 2.75) is 38.2 Å². The summed E-state index contributed by atoms with van der Waals surface area (Å²) in [6.07, 6.45) is -3.29. The van der Waals surface area contributed by atoms with Crippen LogP contribution in [0, 0.1) is 0 Å². The quantitative estimate of drug-likeness (QED) is 0.828. The van der Waals surface area contributed by atoms with Gasteiger partial charge in [0, 0.05) is 31.9 Å². The summed E-state index contributed by atoms with van der Waals surface area (Å²) < 4.78 is 37.6. The van der Waals surface area contributed by atoms with Crippen LogP contribution < -0.4 is 0 Å². The van der Waals surface area contributed by atoms with Crippen LogP contribution in [0.1, 0.15) is 24.3 Å². The predicted octanol–water partition coefficient (Wildman–Crippen LogP) is 1.65. The summed E-state index contributed by atoms with van der Waals surface area (Å²) in [6.45, 7) is 7.51. The van der Waals surface area contributed by atoms with E-state index >= 15 is 0 Å². The van der Waals surface area contributed by atoms with E-state index in [0.717, 1.165) is 19.7 Å². The second-order valence-electron chi connectivity index (χ2n) is 6.54. The number of aromatic nitrogens is 1. The van der Waals surface area contributed by atoms with Gasteiger partial charge in [0.15, 0.2) is 0 Å². The highest BCUT2D eigenvalue weighted by molar-refractivity contribution is 5.92. The lowest BCUT2D eigenvalue weighted by molar-refractivity contribution is -0.192. The number of fused-ring (bicyclic) bond motifs is 1. The average molecular weight is 389 g/mol. The molecule has 1 aromatic rings. The van der Waals surface area contributed by atoms with Gasteiger partial charge in [-0.05, 0) is 26.0 Å². The fourth-order valence-corrected chi connectivity index (χ4v) is 3.17. The van der Waals surface area contributed by atoms with Gasteiger partial charge in [0.1, 0.15) is 5.69 Å². The van der Waals surface area contributed by atoms with E-state index in [1.54, 1.807) is 12.3 Å². The smallest absolute Gasteiger partial charge is 0.475 e. The number of carbonyl (C=O) groups excluding carboxylic acids is 1. The summed E-state index contributed by atoms with van der Waals surface area (Å²) in [4.78, 5) is 29.8. The van der Waals surface area contributed by atoms with Crippen LogP contribution in [0.25, 0.3) is 0 Å². The first-order chi connectivity index (χ1) is 12.6. The summed E-state index contributed by atoms with van der Waals surface area (Å²) in [5.74, 6) is -2.75. The van der Waals surface area contributed by atoms with E-state index in [9.17, 15) is 18.0 Å². The zero-order valence-corrected chi connectivity index (χ0v) is 15.0. The maximum atomic E-state index is 12.5. The maximum absolute atomic E-state index is 12.5. The number of alkyl halides is 3. The SMILES string of the molecule is CC(C)N1CCO[C@H]2CN(C(=O)c3ccccn3)C[C@H]21.O=C(O)C(F)(F)F. The number of likely N-dealkylation sites (tertiary alicyclic amines) is 1. The van der Waals surface area contributed by atoms with Gasteiger partial charge in [0.25, 0.3) is 5.91 Å². The van der Waals surface area contributed by atoms with Gasteiger partial charge in [-0.3, -0.25) is 14.7 Å². The van der Waals surface area contributed by atoms with Gasteiger partial charge in [-0.1, -0.05) is 6.07 Å². The topological polar surface area (TPSA) is 83.0 Å². The summed E-state index contributed by atoms with van der Waals surface area (Å²) in [6, 6.07) is 6.24. The van der Waals surface area contributed by atoms with E-state index in [4.69, 9.17) is 14.6 Å². The van der Waals surface area contributed by atoms with Crippen LogP contribution in [-0.2, 0) is 9.53 Å². The van der Waals surface area contributed by atoms with E-state index in [1.807, 2.05) is 17.0 Å². The molecule has 0 bridgehead atoms. The minimum atomic E-state index is -5.08. The zero-order chi connectivity index (χ0) is 20.2. The number of hydrogen-bond donors (Lipinski definition) is 1. The Labute approximate surface area is 154 Å². The molecule has 0 aromatic carbocycles. The maximum Gasteiger partial charge on any atom is 0.490 e. The number of amides is 1. The lowest BCUT2D eigenvalue weighted by atomic mass is 10.1. The number of carboxylic acids is 1. The molecule has 2 aliphatic rings. The van der Waals surface area contributed by atoms with Crippen LogP contribution in [0.3, 0.4) is 0 Å². The van der Waals surface area contributed by atoms with Gasteiger partial charge >= 0.3 is 12.1 Å². The van der Waals surface area contributed by atoms with Crippen molar-refractivity contribution in [3.8, 4) is 0 Å². The molecule has 150 valence electrons. The molecule has 10 heteroatoms. The molecule has 3 heterocycles. The second kappa shape index (κ2) is 8.66. The van der Waals surface area contributed by atoms with E-state index in [2.05, 4.69) is 23.7 Å². The van der Waals surface area contributed by atoms with Gasteiger partial charge in [-0.15, -0.1) is 0 Å². The fraction of sp³-hybridized carbons (Fsp3) is 0.588. The molecule has 7 nitrogen and oxygen atoms in total. The number of pyridine rings is 1. The van der Waals surface area contributed by atoms with Crippen molar-refractivity contribution in [2.24, 2.45) is 0 Å². The number of carbonyl (C=O) groups is 2. The molecule has 0 unspecified atom stereocenters. The molecule has 1 aromatic heterocycles. The van der Waals surface area contributed by atoms with Crippen LogP contribution >= 0.6 is 0 Å². The van der Waals surface area contributed by atoms with Crippen molar-refractivity contribution in [3.63, 3.8) is 0 Å². The average Bonchev–Trinajstić information content (AvgIpc) is 3.05. The summed E-state index contributed by atoms with van der Waals surface area (Å²) in [5.41, 5.74) is 0.516. The second-order valence-corrected chi connectivity index (χ2v) is 6.54. The first-order valence-electron chi connectivity index (χ1n) is 8.49. The van der Waals surface area contributed by atoms with Crippen LogP contribution in [0.5, 0.6) is 0 Å². The molecule has 0 saturated carbocycles. The molecule has 2 fully saturated rings. The highest BCUT2D eigenvalue weighted by atomic mass is 19.4. The fourth-order valence-electron chi connectivity index (χ4n) is 3.17. The van der Waals surface area contributed by atoms with Gasteiger partial charge in [0.2, 0.25) is 0 Å². The molecule has 2 saturated heterocycles. The van der Waals surface area contributed by atoms with Crippen molar-refractivity contribution in [3.05, 3.63) is 30.1 Å². The van der Waals surface area contributed by atoms with Crippen molar-refractivity contribution in [2.75, 3.05) is 26.2 Å². The van der Waals surface area contributed by atoms with Gasteiger partial charge in [-0.2, -0.15) is 13.2 Å². The number of nitrogens with zero attached hydrogens (tertiary/aromatic N) is 3. The van der Waals surface area contributed by atoms with Crippen LogP contribution in [0.15, 0.2) is 24.4 Å². The molecule has 0 radical (unpaired) electrons. The van der Waals surface area contributed by atoms with E-state index in [0.29, 0.717) is 24.3 Å². The van der Waals surface area contributed by atoms with E-state index < -0.39 is 12.1 Å². The Hall–Kier alpha value is -2.20. The van der Waals surface area contributed by atoms with Crippen LogP contribution in [-0.4, -0.2) is 82.4 Å². The third-order valence-corrected chi connectivity index (χ3v) is 4.42. The first-order valence-corrected chi connectivity index (χ1v) is 8.49. The summed E-state index contributed by atoms with van der Waals surface area (Å²) in [5, 5.41) is 7.12. The highest BCUT2D eigenvalue weighted by Crippen LogP contribution is 2.25. The van der Waals surface area contributed by atoms with E-state index in [-0.39, 0.29) is 12.0 Å². The molecule has 1 N–H and O–H groups in total. The Bertz CT molecular complexity index is 655. The molecule has 0 aliphatic carbocycles. The van der Waals surface area contributed by atoms with Gasteiger partial charge < -0.3 is 14.7 Å². The Kier molecular flexibility index (Phi) is 6.77. The number of carboxylic acid groups (broad SMARTS) is 1. The Balaban J connectivity index is 0.000000321. The third kappa shape index (κ3) is 5.39. The number of aliphatic carboxylic acids is 1. The molecule has 2 aliphatic heterocycles. The van der Waals surface area contributed by atoms with Gasteiger partial charge in [-0.25, -0.2) is 4.79 Å². The first kappa shape index (κ1) is 21.1. The van der Waals surface area contributed by atoms with Crippen molar-refractivity contribution in [1.29, 1.82) is 0 Å². The van der Waals surface area contributed by atoms with Gasteiger partial charge in [0.05, 0.1) is 18.8 Å². The number of halogens is 3. The van der Waals surface area contributed by atoms with E-state index in [1.165, 1.54) is 0 Å². The standard InChI is InChI=1S/C15H21N3O2.C2HF3O2/c1-11(2)18-7-8-20-14-10-17(9-13(14)18)15(19)12-5-3-4-6-16-12;3-2(4,5)1(6)7/h3-6,11,13-14H,7-10H2,1-2H3;(H,6,7)/t13-,14+;/m1./s1. The lowest BCUT2D eigenvalue weighted by Crippen LogP contribution is -2.53. The van der Waals surface area contributed by atoms with Crippen LogP contribution in [0.2, 0.25) is 0 Å². The Morgan fingerprint density at radius 3 is 2.48 bits per heavy atom. The molecule has 27 heavy (non-hydrogen) atoms. The summed E-state index contributed by atoms with van der Waals surface area (Å²) >= 11 is 0. The molecular weight excluding hydrogens is 367 g/mol. The molecule has 2 atom stereocenters. The minimum Gasteiger partial charge on any atom is -0.475 e. The number of rotatable bonds is 2. The number of hydrogen-bond acceptors (Lipinski definition) is 5. The van der Waals surface area contributed by atoms with Crippen LogP contribution in [0.4, 0.5) is 13.2 Å². The molecule has 3 rings (SSSR count). The third-order valence-electron chi connectivity index (χ3n) is 4.42. The molecular formula is C17H22F3N3O4. The predicted molar refractivity (Wildman–Crippen MR) is 89.2 cm³/mol. The molecule has 1 amide bonds. The normalized spacial score (nSPS) is 22.8. The lowest BCUT2D eigenvalue weighted by Gasteiger charge is -2.39. The molecule has 0 spiro atoms. The highest BCUT2D eigenvalue weighted by Gasteiger charge is 2.42. The zero-order valence-electron chi connectivity index (χ0n) is 15.0. The van der Waals surface area contributed by atoms with Crippen molar-refractivity contribution < 1.29 is 32.6 Å². The van der Waals surface area contributed by atoms with Crippen molar-refractivity contribution >= 4 is 11.9 Å². The summed E-state index contributed by atoms with van der Waals surface area (Å²) in [7, 11) is 0. The Morgan fingerprint density at radius 2 is 1.96 bits per heavy atom. The number of morpholine rings is 1. The minimum absolute atomic E-state index is 0.00676. The largest absolute Gasteiger partial charge is 0.490 e. The number of ether oxygens (including phenoxy) is 1. The monoisotopic (exact) mass is 389 g/mol.